The summed E-state index contributed by atoms with van der Waals surface area (Å²) in [4.78, 5) is 10.5. The molecule has 0 unspecified atom stereocenters. The molecule has 1 aliphatic carbocycles. The molecule has 1 saturated heterocycles. The van der Waals surface area contributed by atoms with E-state index in [0.717, 1.165) is 0 Å². The van der Waals surface area contributed by atoms with Crippen LogP contribution in [0.4, 0.5) is 5.82 Å². The minimum absolute atomic E-state index is 0.0717. The molecule has 1 aromatic heterocycles. The van der Waals surface area contributed by atoms with Crippen molar-refractivity contribution in [2.75, 3.05) is 49.8 Å². The molecule has 23 heavy (non-hydrogen) atoms. The number of rotatable bonds is 5. The molecule has 2 N–H and O–H groups in total. The highest BCUT2D eigenvalue weighted by Gasteiger charge is 2.60. The topological polar surface area (TPSA) is 95.8 Å². The first kappa shape index (κ1) is 17.0. The number of halogens is 1. The minimum atomic E-state index is -4.05. The van der Waals surface area contributed by atoms with Crippen molar-refractivity contribution >= 4 is 26.8 Å². The van der Waals surface area contributed by atoms with Crippen molar-refractivity contribution in [1.29, 1.82) is 0 Å². The van der Waals surface area contributed by atoms with Crippen LogP contribution in [0.2, 0.25) is 5.28 Å². The van der Waals surface area contributed by atoms with E-state index >= 15 is 0 Å². The van der Waals surface area contributed by atoms with E-state index in [9.17, 15) is 13.9 Å². The molecule has 0 bridgehead atoms. The summed E-state index contributed by atoms with van der Waals surface area (Å²) >= 11 is 6.07. The number of ether oxygens (including phenoxy) is 1. The number of morpholine rings is 1. The van der Waals surface area contributed by atoms with E-state index in [0.29, 0.717) is 50.7 Å². The highest BCUT2D eigenvalue weighted by Crippen LogP contribution is 2.60. The number of nitrogens with zero attached hydrogens (tertiary/aromatic N) is 3. The highest BCUT2D eigenvalue weighted by molar-refractivity contribution is 8.15. The fourth-order valence-corrected chi connectivity index (χ4v) is 5.95. The van der Waals surface area contributed by atoms with E-state index in [1.807, 2.05) is 4.90 Å². The predicted molar refractivity (Wildman–Crippen MR) is 89.6 cm³/mol. The Balaban J connectivity index is 2.00. The molecule has 1 aliphatic heterocycles. The Labute approximate surface area is 140 Å². The summed E-state index contributed by atoms with van der Waals surface area (Å²) in [5.41, 5.74) is 0.495. The lowest BCUT2D eigenvalue weighted by Crippen LogP contribution is -2.48. The molecule has 0 spiro atoms. The fraction of sp³-hybridized carbons (Fsp3) is 0.714. The lowest BCUT2D eigenvalue weighted by atomic mass is 10.2. The average Bonchev–Trinajstić information content (AvgIpc) is 3.29. The molecule has 2 fully saturated rings. The maximum absolute atomic E-state index is 13.1. The zero-order valence-corrected chi connectivity index (χ0v) is 14.6. The zero-order valence-electron chi connectivity index (χ0n) is 13.1. The fourth-order valence-electron chi connectivity index (χ4n) is 3.16. The molecule has 1 saturated carbocycles. The summed E-state index contributed by atoms with van der Waals surface area (Å²) in [5.74, 6) is 0.493. The Morgan fingerprint density at radius 3 is 2.61 bits per heavy atom. The van der Waals surface area contributed by atoms with E-state index < -0.39 is 14.1 Å². The maximum atomic E-state index is 13.1. The van der Waals surface area contributed by atoms with Gasteiger partial charge in [0.15, 0.2) is 0 Å². The second-order valence-corrected chi connectivity index (χ2v) is 10.9. The number of aromatic nitrogens is 2. The van der Waals surface area contributed by atoms with Gasteiger partial charge in [-0.25, -0.2) is 14.2 Å². The summed E-state index contributed by atoms with van der Waals surface area (Å²) in [7, 11) is -4.05. The summed E-state index contributed by atoms with van der Waals surface area (Å²) in [5, 5.41) is 9.28. The van der Waals surface area contributed by atoms with Crippen LogP contribution in [-0.2, 0) is 18.8 Å². The number of aliphatic hydroxyl groups excluding tert-OH is 1. The Kier molecular flexibility index (Phi) is 4.17. The van der Waals surface area contributed by atoms with Gasteiger partial charge in [-0.15, -0.1) is 0 Å². The number of aliphatic hydroxyl groups is 1. The van der Waals surface area contributed by atoms with Crippen LogP contribution in [0, 0.1) is 0 Å². The molecule has 0 radical (unpaired) electrons. The van der Waals surface area contributed by atoms with Gasteiger partial charge in [0.1, 0.15) is 5.82 Å². The van der Waals surface area contributed by atoms with Crippen molar-refractivity contribution in [2.45, 2.75) is 17.6 Å². The smallest absolute Gasteiger partial charge is 0.224 e. The molecular formula is C14H22ClN3O4S. The lowest BCUT2D eigenvalue weighted by Gasteiger charge is -2.46. The van der Waals surface area contributed by atoms with Crippen LogP contribution in [0.1, 0.15) is 18.5 Å². The van der Waals surface area contributed by atoms with Gasteiger partial charge in [0.2, 0.25) is 5.28 Å². The molecule has 0 amide bonds. The monoisotopic (exact) mass is 363 g/mol. The quantitative estimate of drug-likeness (QED) is 0.749. The minimum Gasteiger partial charge on any atom is -0.395 e. The van der Waals surface area contributed by atoms with Gasteiger partial charge in [-0.1, -0.05) is 0 Å². The normalized spacial score (nSPS) is 22.4. The van der Waals surface area contributed by atoms with Gasteiger partial charge < -0.3 is 19.3 Å². The van der Waals surface area contributed by atoms with Gasteiger partial charge in [0, 0.05) is 25.4 Å². The average molecular weight is 364 g/mol. The van der Waals surface area contributed by atoms with Gasteiger partial charge in [-0.05, 0) is 24.4 Å². The molecule has 9 heteroatoms. The molecule has 130 valence electrons. The van der Waals surface area contributed by atoms with Crippen molar-refractivity contribution in [3.05, 3.63) is 17.0 Å². The molecule has 7 nitrogen and oxygen atoms in total. The highest BCUT2D eigenvalue weighted by atomic mass is 35.5. The predicted octanol–water partition coefficient (Wildman–Crippen LogP) is 0.871. The molecule has 3 rings (SSSR count). The van der Waals surface area contributed by atoms with Gasteiger partial charge in [-0.2, -0.15) is 9.35 Å². The van der Waals surface area contributed by atoms with Crippen molar-refractivity contribution < 1.29 is 18.6 Å². The van der Waals surface area contributed by atoms with E-state index in [1.165, 1.54) is 6.26 Å². The van der Waals surface area contributed by atoms with Crippen LogP contribution in [0.3, 0.4) is 0 Å². The van der Waals surface area contributed by atoms with Crippen LogP contribution in [0.25, 0.3) is 0 Å². The number of anilines is 1. The number of hydrogen-bond acceptors (Lipinski definition) is 6. The molecule has 2 heterocycles. The van der Waals surface area contributed by atoms with Gasteiger partial charge in [-0.3, -0.25) is 0 Å². The Bertz CT molecular complexity index is 668. The van der Waals surface area contributed by atoms with Crippen LogP contribution in [0.15, 0.2) is 6.07 Å². The van der Waals surface area contributed by atoms with E-state index in [-0.39, 0.29) is 17.6 Å². The first-order chi connectivity index (χ1) is 10.8. The van der Waals surface area contributed by atoms with Crippen LogP contribution in [0.5, 0.6) is 0 Å². The van der Waals surface area contributed by atoms with Crippen molar-refractivity contribution in [3.63, 3.8) is 0 Å². The second-order valence-electron chi connectivity index (χ2n) is 6.38. The zero-order chi connectivity index (χ0) is 16.7. The second kappa shape index (κ2) is 5.63. The molecular weight excluding hydrogens is 342 g/mol. The third-order valence-electron chi connectivity index (χ3n) is 4.76. The van der Waals surface area contributed by atoms with E-state index in [2.05, 4.69) is 9.97 Å². The molecule has 0 atom stereocenters. The maximum Gasteiger partial charge on any atom is 0.224 e. The van der Waals surface area contributed by atoms with Crippen molar-refractivity contribution in [2.24, 2.45) is 0 Å². The van der Waals surface area contributed by atoms with Crippen LogP contribution < -0.4 is 4.90 Å². The van der Waals surface area contributed by atoms with Crippen LogP contribution >= 0.6 is 11.6 Å². The standard InChI is InChI=1S/C14H22ClN3O4S/c1-23(20,21,9-6-19)14(2-3-14)11-10-12(17-13(15)16-11)18-4-7-22-8-5-18/h10,19H,2-9H2,1H3,(H,20,21). The summed E-state index contributed by atoms with van der Waals surface area (Å²) in [6.45, 7) is 2.27. The van der Waals surface area contributed by atoms with Crippen molar-refractivity contribution in [1.82, 2.24) is 9.97 Å². The third kappa shape index (κ3) is 2.98. The van der Waals surface area contributed by atoms with Gasteiger partial charge in [0.05, 0.1) is 36.0 Å². The molecule has 2 aliphatic rings. The summed E-state index contributed by atoms with van der Waals surface area (Å²) < 4.78 is 28.3. The van der Waals surface area contributed by atoms with Gasteiger partial charge >= 0.3 is 0 Å². The third-order valence-corrected chi connectivity index (χ3v) is 8.70. The van der Waals surface area contributed by atoms with Gasteiger partial charge in [0.25, 0.3) is 0 Å². The Morgan fingerprint density at radius 1 is 1.39 bits per heavy atom. The Hall–Kier alpha value is -0.800. The van der Waals surface area contributed by atoms with E-state index in [4.69, 9.17) is 16.3 Å². The number of hydrogen-bond donors (Lipinski definition) is 2. The molecule has 0 aromatic carbocycles. The first-order valence-corrected chi connectivity index (χ1v) is 10.5. The first-order valence-electron chi connectivity index (χ1n) is 7.62. The molecule has 1 aromatic rings. The lowest BCUT2D eigenvalue weighted by molar-refractivity contribution is 0.122. The summed E-state index contributed by atoms with van der Waals surface area (Å²) in [6, 6.07) is 1.76. The SMILES string of the molecule is CS(=O)(O)(CCO)C1(c2cc(N3CCOCC3)nc(Cl)n2)CC1. The van der Waals surface area contributed by atoms with Crippen molar-refractivity contribution in [3.8, 4) is 0 Å². The summed E-state index contributed by atoms with van der Waals surface area (Å²) in [6.07, 6.45) is 2.45. The van der Waals surface area contributed by atoms with Crippen LogP contribution in [-0.4, -0.2) is 68.8 Å². The van der Waals surface area contributed by atoms with E-state index in [1.54, 1.807) is 6.07 Å². The Morgan fingerprint density at radius 2 is 2.04 bits per heavy atom. The largest absolute Gasteiger partial charge is 0.395 e.